The number of anilines is 1. The van der Waals surface area contributed by atoms with Gasteiger partial charge < -0.3 is 10.0 Å². The number of rotatable bonds is 3. The fourth-order valence-electron chi connectivity index (χ4n) is 1.95. The van der Waals surface area contributed by atoms with Crippen LogP contribution in [0, 0.1) is 6.92 Å². The summed E-state index contributed by atoms with van der Waals surface area (Å²) in [6.07, 6.45) is 0. The second-order valence-corrected chi connectivity index (χ2v) is 6.63. The van der Waals surface area contributed by atoms with E-state index in [4.69, 9.17) is 11.6 Å². The first kappa shape index (κ1) is 13.5. The Morgan fingerprint density at radius 3 is 2.72 bits per heavy atom. The molecule has 0 aromatic carbocycles. The molecule has 2 heterocycles. The maximum Gasteiger partial charge on any atom is 0.225 e. The summed E-state index contributed by atoms with van der Waals surface area (Å²) < 4.78 is 0. The molecule has 6 heteroatoms. The van der Waals surface area contributed by atoms with Crippen LogP contribution < -0.4 is 4.90 Å². The molecule has 0 radical (unpaired) electrons. The lowest BCUT2D eigenvalue weighted by molar-refractivity contribution is 0.0885. The van der Waals surface area contributed by atoms with Crippen molar-refractivity contribution in [3.63, 3.8) is 0 Å². The zero-order valence-electron chi connectivity index (χ0n) is 10.9. The highest BCUT2D eigenvalue weighted by Crippen LogP contribution is 2.31. The van der Waals surface area contributed by atoms with E-state index in [0.29, 0.717) is 6.54 Å². The number of aryl methyl sites for hydroxylation is 1. The van der Waals surface area contributed by atoms with E-state index in [1.54, 1.807) is 25.2 Å². The van der Waals surface area contributed by atoms with Crippen LogP contribution in [0.3, 0.4) is 0 Å². The molecule has 0 saturated heterocycles. The highest BCUT2D eigenvalue weighted by atomic mass is 35.5. The zero-order chi connectivity index (χ0) is 13.5. The summed E-state index contributed by atoms with van der Waals surface area (Å²) in [5.74, 6) is 0.761. The van der Waals surface area contributed by atoms with Gasteiger partial charge in [0.25, 0.3) is 0 Å². The molecule has 0 aliphatic rings. The lowest BCUT2D eigenvalue weighted by Gasteiger charge is -2.26. The van der Waals surface area contributed by atoms with Gasteiger partial charge in [-0.2, -0.15) is 4.98 Å². The predicted molar refractivity (Wildman–Crippen MR) is 76.7 cm³/mol. The fraction of sp³-hybridized carbons (Fsp3) is 0.500. The monoisotopic (exact) mass is 285 g/mol. The molecule has 2 aromatic heterocycles. The van der Waals surface area contributed by atoms with Crippen LogP contribution in [-0.2, 0) is 0 Å². The number of nitrogens with zero attached hydrogens (tertiary/aromatic N) is 3. The van der Waals surface area contributed by atoms with Crippen molar-refractivity contribution in [1.29, 1.82) is 0 Å². The third-order valence-corrected chi connectivity index (χ3v) is 3.57. The number of hydrogen-bond acceptors (Lipinski definition) is 5. The van der Waals surface area contributed by atoms with E-state index >= 15 is 0 Å². The zero-order valence-corrected chi connectivity index (χ0v) is 12.4. The summed E-state index contributed by atoms with van der Waals surface area (Å²) in [4.78, 5) is 12.4. The number of thiophene rings is 1. The fourth-order valence-corrected chi connectivity index (χ4v) is 3.04. The molecule has 0 bridgehead atoms. The molecule has 0 aliphatic carbocycles. The summed E-state index contributed by atoms with van der Waals surface area (Å²) in [6, 6.07) is 2.05. The van der Waals surface area contributed by atoms with Gasteiger partial charge in [-0.3, -0.25) is 0 Å². The highest BCUT2D eigenvalue weighted by molar-refractivity contribution is 7.18. The minimum absolute atomic E-state index is 0.238. The van der Waals surface area contributed by atoms with E-state index in [1.807, 2.05) is 24.9 Å². The summed E-state index contributed by atoms with van der Waals surface area (Å²) in [7, 11) is 1.89. The van der Waals surface area contributed by atoms with Crippen molar-refractivity contribution in [2.24, 2.45) is 0 Å². The number of hydrogen-bond donors (Lipinski definition) is 1. The van der Waals surface area contributed by atoms with E-state index in [9.17, 15) is 5.11 Å². The summed E-state index contributed by atoms with van der Waals surface area (Å²) in [5.41, 5.74) is -0.788. The molecule has 0 fully saturated rings. The second-order valence-electron chi connectivity index (χ2n) is 5.06. The predicted octanol–water partition coefficient (Wildman–Crippen LogP) is 2.86. The average Bonchev–Trinajstić information content (AvgIpc) is 2.53. The average molecular weight is 286 g/mol. The van der Waals surface area contributed by atoms with Gasteiger partial charge >= 0.3 is 0 Å². The minimum Gasteiger partial charge on any atom is -0.389 e. The molecule has 2 aromatic rings. The number of fused-ring (bicyclic) bond motifs is 1. The molecule has 1 N–H and O–H groups in total. The third kappa shape index (κ3) is 2.91. The van der Waals surface area contributed by atoms with Crippen LogP contribution in [0.5, 0.6) is 0 Å². The summed E-state index contributed by atoms with van der Waals surface area (Å²) in [6.45, 7) is 6.04. The smallest absolute Gasteiger partial charge is 0.225 e. The quantitative estimate of drug-likeness (QED) is 0.881. The SMILES string of the molecule is Cc1cc2c(N(C)CC(C)(C)O)nc(Cl)nc2s1. The van der Waals surface area contributed by atoms with Crippen LogP contribution in [-0.4, -0.2) is 34.3 Å². The molecule has 0 saturated carbocycles. The number of halogens is 1. The first-order valence-corrected chi connectivity index (χ1v) is 6.83. The maximum absolute atomic E-state index is 9.88. The molecule has 98 valence electrons. The highest BCUT2D eigenvalue weighted by Gasteiger charge is 2.19. The lowest BCUT2D eigenvalue weighted by Crippen LogP contribution is -2.36. The van der Waals surface area contributed by atoms with Gasteiger partial charge in [-0.25, -0.2) is 4.98 Å². The van der Waals surface area contributed by atoms with Crippen LogP contribution in [0.15, 0.2) is 6.07 Å². The molecule has 4 nitrogen and oxygen atoms in total. The number of aromatic nitrogens is 2. The Labute approximate surface area is 115 Å². The van der Waals surface area contributed by atoms with Crippen LogP contribution in [0.2, 0.25) is 5.28 Å². The van der Waals surface area contributed by atoms with Gasteiger partial charge in [-0.1, -0.05) is 0 Å². The van der Waals surface area contributed by atoms with E-state index in [-0.39, 0.29) is 5.28 Å². The van der Waals surface area contributed by atoms with Crippen LogP contribution >= 0.6 is 22.9 Å². The Balaban J connectivity index is 2.49. The normalized spacial score (nSPS) is 12.1. The Morgan fingerprint density at radius 2 is 2.11 bits per heavy atom. The molecule has 0 atom stereocenters. The molecule has 2 rings (SSSR count). The first-order chi connectivity index (χ1) is 8.26. The molecule has 0 unspecified atom stereocenters. The van der Waals surface area contributed by atoms with Gasteiger partial charge in [0, 0.05) is 18.5 Å². The van der Waals surface area contributed by atoms with Crippen molar-refractivity contribution in [1.82, 2.24) is 9.97 Å². The van der Waals surface area contributed by atoms with Gasteiger partial charge in [0.05, 0.1) is 11.0 Å². The Morgan fingerprint density at radius 1 is 1.44 bits per heavy atom. The van der Waals surface area contributed by atoms with Crippen molar-refractivity contribution >= 4 is 39.0 Å². The van der Waals surface area contributed by atoms with Crippen molar-refractivity contribution in [3.05, 3.63) is 16.2 Å². The number of aliphatic hydroxyl groups is 1. The maximum atomic E-state index is 9.88. The van der Waals surface area contributed by atoms with E-state index in [2.05, 4.69) is 9.97 Å². The first-order valence-electron chi connectivity index (χ1n) is 5.63. The van der Waals surface area contributed by atoms with E-state index < -0.39 is 5.60 Å². The van der Waals surface area contributed by atoms with Gasteiger partial charge in [0.1, 0.15) is 10.6 Å². The Hall–Kier alpha value is -0.910. The Kier molecular flexibility index (Phi) is 3.49. The van der Waals surface area contributed by atoms with Gasteiger partial charge in [-0.05, 0) is 38.4 Å². The van der Waals surface area contributed by atoms with Crippen molar-refractivity contribution in [2.75, 3.05) is 18.5 Å². The Bertz CT molecular complexity index is 576. The molecule has 0 amide bonds. The van der Waals surface area contributed by atoms with Crippen molar-refractivity contribution in [3.8, 4) is 0 Å². The van der Waals surface area contributed by atoms with Gasteiger partial charge in [0.15, 0.2) is 0 Å². The van der Waals surface area contributed by atoms with Gasteiger partial charge in [0.2, 0.25) is 5.28 Å². The topological polar surface area (TPSA) is 49.2 Å². The largest absolute Gasteiger partial charge is 0.389 e. The molecule has 0 spiro atoms. The molecule has 18 heavy (non-hydrogen) atoms. The van der Waals surface area contributed by atoms with E-state index in [1.165, 1.54) is 4.88 Å². The van der Waals surface area contributed by atoms with Gasteiger partial charge in [-0.15, -0.1) is 11.3 Å². The van der Waals surface area contributed by atoms with Crippen molar-refractivity contribution in [2.45, 2.75) is 26.4 Å². The second kappa shape index (κ2) is 4.64. The third-order valence-electron chi connectivity index (χ3n) is 2.45. The molecular formula is C12H16ClN3OS. The van der Waals surface area contributed by atoms with Crippen LogP contribution in [0.4, 0.5) is 5.82 Å². The summed E-state index contributed by atoms with van der Waals surface area (Å²) >= 11 is 7.53. The van der Waals surface area contributed by atoms with E-state index in [0.717, 1.165) is 16.0 Å². The summed E-state index contributed by atoms with van der Waals surface area (Å²) in [5, 5.41) is 11.1. The lowest BCUT2D eigenvalue weighted by atomic mass is 10.1. The van der Waals surface area contributed by atoms with Crippen LogP contribution in [0.1, 0.15) is 18.7 Å². The van der Waals surface area contributed by atoms with Crippen molar-refractivity contribution < 1.29 is 5.11 Å². The van der Waals surface area contributed by atoms with Crippen LogP contribution in [0.25, 0.3) is 10.2 Å². The minimum atomic E-state index is -0.788. The molecule has 0 aliphatic heterocycles. The standard InChI is InChI=1S/C12H16ClN3OS/c1-7-5-8-9(16(4)6-12(2,3)17)14-11(13)15-10(8)18-7/h5,17H,6H2,1-4H3. The molecular weight excluding hydrogens is 270 g/mol. The number of likely N-dealkylation sites (N-methyl/N-ethyl adjacent to an activating group) is 1.